The first kappa shape index (κ1) is 14.6. The van der Waals surface area contributed by atoms with Gasteiger partial charge in [-0.15, -0.1) is 0 Å². The van der Waals surface area contributed by atoms with Crippen LogP contribution in [0.5, 0.6) is 0 Å². The highest BCUT2D eigenvalue weighted by molar-refractivity contribution is 7.92. The van der Waals surface area contributed by atoms with Gasteiger partial charge in [0.05, 0.1) is 0 Å². The third-order valence-electron chi connectivity index (χ3n) is 3.98. The van der Waals surface area contributed by atoms with Gasteiger partial charge in [0.1, 0.15) is 5.60 Å². The molecule has 0 saturated carbocycles. The maximum Gasteiger partial charge on any atom is 0.410 e. The van der Waals surface area contributed by atoms with Crippen LogP contribution >= 0.6 is 0 Å². The molecule has 0 bridgehead atoms. The molecule has 2 fully saturated rings. The molecule has 2 aliphatic heterocycles. The summed E-state index contributed by atoms with van der Waals surface area (Å²) in [6.07, 6.45) is 2.31. The van der Waals surface area contributed by atoms with Crippen LogP contribution in [0.2, 0.25) is 0 Å². The van der Waals surface area contributed by atoms with Crippen molar-refractivity contribution in [2.45, 2.75) is 45.6 Å². The SMILES string of the molecule is CC(C)(C)OC(=O)N1CCC2(CC1)CCS(=N)(=O)C2. The van der Waals surface area contributed by atoms with E-state index in [1.165, 1.54) is 0 Å². The third-order valence-corrected chi connectivity index (χ3v) is 5.92. The Kier molecular flexibility index (Phi) is 3.58. The van der Waals surface area contributed by atoms with E-state index in [1.54, 1.807) is 4.90 Å². The van der Waals surface area contributed by atoms with Crippen molar-refractivity contribution < 1.29 is 13.7 Å². The minimum absolute atomic E-state index is 0.0390. The molecule has 1 spiro atoms. The Labute approximate surface area is 115 Å². The van der Waals surface area contributed by atoms with E-state index in [0.29, 0.717) is 24.6 Å². The number of amides is 1. The fourth-order valence-corrected chi connectivity index (χ4v) is 5.23. The molecule has 1 unspecified atom stereocenters. The van der Waals surface area contributed by atoms with Crippen molar-refractivity contribution in [3.05, 3.63) is 0 Å². The van der Waals surface area contributed by atoms with Crippen molar-refractivity contribution in [2.24, 2.45) is 5.41 Å². The fraction of sp³-hybridized carbons (Fsp3) is 0.923. The molecule has 0 aromatic rings. The Hall–Kier alpha value is -0.780. The van der Waals surface area contributed by atoms with Gasteiger partial charge in [-0.05, 0) is 45.4 Å². The molecule has 0 aromatic heterocycles. The number of ether oxygens (including phenoxy) is 1. The molecule has 2 aliphatic rings. The van der Waals surface area contributed by atoms with Crippen LogP contribution in [0.3, 0.4) is 0 Å². The van der Waals surface area contributed by atoms with Gasteiger partial charge in [-0.25, -0.2) is 9.00 Å². The standard InChI is InChI=1S/C13H24N2O3S/c1-12(2,3)18-11(16)15-7-4-13(5-8-15)6-9-19(14,17)10-13/h14H,4-10H2,1-3H3. The first-order chi connectivity index (χ1) is 8.61. The summed E-state index contributed by atoms with van der Waals surface area (Å²) in [5.41, 5.74) is -0.424. The van der Waals surface area contributed by atoms with Gasteiger partial charge in [-0.2, -0.15) is 0 Å². The molecule has 6 heteroatoms. The van der Waals surface area contributed by atoms with Crippen LogP contribution in [0.4, 0.5) is 4.79 Å². The molecule has 2 saturated heterocycles. The Morgan fingerprint density at radius 3 is 2.26 bits per heavy atom. The van der Waals surface area contributed by atoms with Crippen LogP contribution in [0.25, 0.3) is 0 Å². The number of hydrogen-bond donors (Lipinski definition) is 1. The van der Waals surface area contributed by atoms with Crippen molar-refractivity contribution in [2.75, 3.05) is 24.6 Å². The Balaban J connectivity index is 1.91. The van der Waals surface area contributed by atoms with Crippen LogP contribution in [-0.2, 0) is 14.5 Å². The fourth-order valence-electron chi connectivity index (χ4n) is 2.90. The number of nitrogens with zero attached hydrogens (tertiary/aromatic N) is 1. The van der Waals surface area contributed by atoms with Crippen LogP contribution in [0.15, 0.2) is 0 Å². The van der Waals surface area contributed by atoms with E-state index >= 15 is 0 Å². The highest BCUT2D eigenvalue weighted by Crippen LogP contribution is 2.41. The second-order valence-electron chi connectivity index (χ2n) is 6.88. The van der Waals surface area contributed by atoms with Crippen LogP contribution in [0.1, 0.15) is 40.0 Å². The lowest BCUT2D eigenvalue weighted by atomic mass is 9.78. The zero-order chi connectivity index (χ0) is 14.3. The van der Waals surface area contributed by atoms with Gasteiger partial charge in [0.2, 0.25) is 0 Å². The molecule has 0 radical (unpaired) electrons. The summed E-state index contributed by atoms with van der Waals surface area (Å²) in [6.45, 7) is 6.91. The highest BCUT2D eigenvalue weighted by atomic mass is 32.2. The summed E-state index contributed by atoms with van der Waals surface area (Å²) in [6, 6.07) is 0. The highest BCUT2D eigenvalue weighted by Gasteiger charge is 2.43. The Morgan fingerprint density at radius 1 is 1.26 bits per heavy atom. The summed E-state index contributed by atoms with van der Waals surface area (Å²) < 4.78 is 24.9. The van der Waals surface area contributed by atoms with Crippen molar-refractivity contribution in [1.29, 1.82) is 4.78 Å². The van der Waals surface area contributed by atoms with Crippen molar-refractivity contribution >= 4 is 15.8 Å². The number of piperidine rings is 1. The first-order valence-corrected chi connectivity index (χ1v) is 8.73. The average Bonchev–Trinajstić information content (AvgIpc) is 2.53. The van der Waals surface area contributed by atoms with Gasteiger partial charge in [-0.3, -0.25) is 4.78 Å². The quantitative estimate of drug-likeness (QED) is 0.744. The summed E-state index contributed by atoms with van der Waals surface area (Å²) in [4.78, 5) is 13.7. The average molecular weight is 288 g/mol. The predicted octanol–water partition coefficient (Wildman–Crippen LogP) is 2.45. The first-order valence-electron chi connectivity index (χ1n) is 6.83. The van der Waals surface area contributed by atoms with E-state index in [0.717, 1.165) is 19.3 Å². The molecule has 19 heavy (non-hydrogen) atoms. The summed E-state index contributed by atoms with van der Waals surface area (Å²) >= 11 is 0. The lowest BCUT2D eigenvalue weighted by Crippen LogP contribution is -2.45. The molecular formula is C13H24N2O3S. The maximum absolute atomic E-state index is 12.0. The molecule has 0 aliphatic carbocycles. The van der Waals surface area contributed by atoms with E-state index in [1.807, 2.05) is 20.8 Å². The molecule has 110 valence electrons. The monoisotopic (exact) mass is 288 g/mol. The van der Waals surface area contributed by atoms with Crippen LogP contribution < -0.4 is 0 Å². The van der Waals surface area contributed by atoms with Crippen LogP contribution in [-0.4, -0.2) is 45.4 Å². The topological polar surface area (TPSA) is 70.5 Å². The van der Waals surface area contributed by atoms with E-state index in [2.05, 4.69) is 0 Å². The second kappa shape index (κ2) is 4.65. The molecule has 5 nitrogen and oxygen atoms in total. The molecule has 2 rings (SSSR count). The summed E-state index contributed by atoms with van der Waals surface area (Å²) in [5, 5.41) is 0. The molecular weight excluding hydrogens is 264 g/mol. The number of carbonyl (C=O) groups excluding carboxylic acids is 1. The van der Waals surface area contributed by atoms with E-state index in [-0.39, 0.29) is 11.5 Å². The number of carbonyl (C=O) groups is 1. The minimum Gasteiger partial charge on any atom is -0.444 e. The second-order valence-corrected chi connectivity index (χ2v) is 9.20. The van der Waals surface area contributed by atoms with Gasteiger partial charge in [0.25, 0.3) is 0 Å². The largest absolute Gasteiger partial charge is 0.444 e. The van der Waals surface area contributed by atoms with Crippen molar-refractivity contribution in [3.8, 4) is 0 Å². The number of hydrogen-bond acceptors (Lipinski definition) is 4. The number of nitrogens with one attached hydrogen (secondary N) is 1. The Bertz CT molecular complexity index is 457. The molecule has 0 aromatic carbocycles. The van der Waals surface area contributed by atoms with Gasteiger partial charge in [-0.1, -0.05) is 0 Å². The number of likely N-dealkylation sites (tertiary alicyclic amines) is 1. The summed E-state index contributed by atoms with van der Waals surface area (Å²) in [7, 11) is -2.36. The predicted molar refractivity (Wildman–Crippen MR) is 74.7 cm³/mol. The zero-order valence-corrected chi connectivity index (χ0v) is 12.8. The van der Waals surface area contributed by atoms with E-state index in [4.69, 9.17) is 9.52 Å². The lowest BCUT2D eigenvalue weighted by molar-refractivity contribution is 0.0126. The minimum atomic E-state index is -2.36. The van der Waals surface area contributed by atoms with Crippen molar-refractivity contribution in [3.63, 3.8) is 0 Å². The lowest BCUT2D eigenvalue weighted by Gasteiger charge is -2.39. The van der Waals surface area contributed by atoms with E-state index in [9.17, 15) is 9.00 Å². The molecule has 2 heterocycles. The smallest absolute Gasteiger partial charge is 0.410 e. The van der Waals surface area contributed by atoms with E-state index < -0.39 is 15.3 Å². The number of rotatable bonds is 0. The van der Waals surface area contributed by atoms with Gasteiger partial charge >= 0.3 is 6.09 Å². The molecule has 1 N–H and O–H groups in total. The van der Waals surface area contributed by atoms with Crippen LogP contribution in [0, 0.1) is 10.2 Å². The molecule has 1 atom stereocenters. The summed E-state index contributed by atoms with van der Waals surface area (Å²) in [5.74, 6) is 1.04. The van der Waals surface area contributed by atoms with Gasteiger partial charge < -0.3 is 9.64 Å². The van der Waals surface area contributed by atoms with Crippen molar-refractivity contribution in [1.82, 2.24) is 4.90 Å². The normalized spacial score (nSPS) is 30.6. The third kappa shape index (κ3) is 3.61. The Morgan fingerprint density at radius 2 is 1.84 bits per heavy atom. The molecule has 1 amide bonds. The van der Waals surface area contributed by atoms with Gasteiger partial charge in [0.15, 0.2) is 0 Å². The zero-order valence-electron chi connectivity index (χ0n) is 12.0. The van der Waals surface area contributed by atoms with Gasteiger partial charge in [0, 0.05) is 34.3 Å². The maximum atomic E-state index is 12.0.